The molecule has 1 unspecified atom stereocenters. The van der Waals surface area contributed by atoms with Crippen molar-refractivity contribution in [2.75, 3.05) is 7.05 Å². The fourth-order valence-electron chi connectivity index (χ4n) is 1.83. The summed E-state index contributed by atoms with van der Waals surface area (Å²) in [7, 11) is 1.91. The summed E-state index contributed by atoms with van der Waals surface area (Å²) in [6, 6.07) is 12.1. The van der Waals surface area contributed by atoms with E-state index >= 15 is 0 Å². The first-order valence-corrected chi connectivity index (χ1v) is 5.94. The molecule has 1 aromatic carbocycles. The zero-order chi connectivity index (χ0) is 12.3. The van der Waals surface area contributed by atoms with Gasteiger partial charge in [0.2, 0.25) is 0 Å². The Hall–Kier alpha value is -1.38. The van der Waals surface area contributed by atoms with Crippen LogP contribution in [0.2, 0.25) is 5.02 Å². The van der Waals surface area contributed by atoms with Crippen molar-refractivity contribution < 1.29 is 0 Å². The highest BCUT2D eigenvalue weighted by molar-refractivity contribution is 6.31. The van der Waals surface area contributed by atoms with E-state index < -0.39 is 0 Å². The Morgan fingerprint density at radius 3 is 2.47 bits per heavy atom. The first kappa shape index (κ1) is 12.1. The molecule has 1 heterocycles. The molecule has 2 rings (SSSR count). The molecule has 0 amide bonds. The van der Waals surface area contributed by atoms with Crippen LogP contribution in [0, 0.1) is 6.92 Å². The van der Waals surface area contributed by atoms with E-state index in [1.165, 1.54) is 11.1 Å². The summed E-state index contributed by atoms with van der Waals surface area (Å²) in [6.07, 6.45) is 1.76. The lowest BCUT2D eigenvalue weighted by molar-refractivity contribution is 0.671. The topological polar surface area (TPSA) is 24.9 Å². The Morgan fingerprint density at radius 1 is 1.18 bits per heavy atom. The highest BCUT2D eigenvalue weighted by Gasteiger charge is 2.15. The zero-order valence-electron chi connectivity index (χ0n) is 9.94. The van der Waals surface area contributed by atoms with Crippen molar-refractivity contribution in [2.24, 2.45) is 0 Å². The minimum absolute atomic E-state index is 0.0318. The molecular formula is C14H15ClN2. The Balaban J connectivity index is 2.40. The number of aryl methyl sites for hydroxylation is 1. The summed E-state index contributed by atoms with van der Waals surface area (Å²) in [5.41, 5.74) is 3.27. The summed E-state index contributed by atoms with van der Waals surface area (Å²) < 4.78 is 0. The lowest BCUT2D eigenvalue weighted by Crippen LogP contribution is -2.19. The van der Waals surface area contributed by atoms with Crippen molar-refractivity contribution >= 4 is 11.6 Å². The predicted molar refractivity (Wildman–Crippen MR) is 71.3 cm³/mol. The largest absolute Gasteiger partial charge is 0.308 e. The van der Waals surface area contributed by atoms with Gasteiger partial charge in [-0.3, -0.25) is 4.98 Å². The summed E-state index contributed by atoms with van der Waals surface area (Å²) in [5, 5.41) is 3.94. The summed E-state index contributed by atoms with van der Waals surface area (Å²) in [5.74, 6) is 0. The van der Waals surface area contributed by atoms with E-state index in [4.69, 9.17) is 11.6 Å². The predicted octanol–water partition coefficient (Wildman–Crippen LogP) is 3.35. The molecule has 17 heavy (non-hydrogen) atoms. The van der Waals surface area contributed by atoms with Gasteiger partial charge in [-0.15, -0.1) is 0 Å². The van der Waals surface area contributed by atoms with Crippen molar-refractivity contribution in [1.82, 2.24) is 10.3 Å². The Morgan fingerprint density at radius 2 is 1.88 bits per heavy atom. The van der Waals surface area contributed by atoms with E-state index in [1.807, 2.05) is 19.2 Å². The average Bonchev–Trinajstić information content (AvgIpc) is 2.35. The smallest absolute Gasteiger partial charge is 0.0804 e. The van der Waals surface area contributed by atoms with E-state index in [-0.39, 0.29) is 6.04 Å². The third-order valence-corrected chi connectivity index (χ3v) is 3.08. The van der Waals surface area contributed by atoms with Crippen LogP contribution < -0.4 is 5.32 Å². The van der Waals surface area contributed by atoms with Crippen molar-refractivity contribution in [2.45, 2.75) is 13.0 Å². The third kappa shape index (κ3) is 2.65. The maximum Gasteiger partial charge on any atom is 0.0804 e. The number of rotatable bonds is 3. The second-order valence-corrected chi connectivity index (χ2v) is 4.41. The van der Waals surface area contributed by atoms with Crippen LogP contribution in [-0.4, -0.2) is 12.0 Å². The molecule has 0 saturated carbocycles. The molecule has 1 atom stereocenters. The molecule has 3 heteroatoms. The van der Waals surface area contributed by atoms with Gasteiger partial charge in [-0.1, -0.05) is 41.4 Å². The lowest BCUT2D eigenvalue weighted by atomic mass is 10.0. The van der Waals surface area contributed by atoms with Gasteiger partial charge < -0.3 is 5.32 Å². The molecule has 2 nitrogen and oxygen atoms in total. The highest BCUT2D eigenvalue weighted by atomic mass is 35.5. The standard InChI is InChI=1S/C14H15ClN2/c1-10-5-7-11(8-6-10)13(16-2)14-12(15)4-3-9-17-14/h3-9,13,16H,1-2H3. The van der Waals surface area contributed by atoms with Gasteiger partial charge in [-0.25, -0.2) is 0 Å². The van der Waals surface area contributed by atoms with Crippen molar-refractivity contribution in [3.8, 4) is 0 Å². The number of nitrogens with one attached hydrogen (secondary N) is 1. The highest BCUT2D eigenvalue weighted by Crippen LogP contribution is 2.25. The van der Waals surface area contributed by atoms with E-state index in [0.29, 0.717) is 5.02 Å². The van der Waals surface area contributed by atoms with Crippen molar-refractivity contribution in [1.29, 1.82) is 0 Å². The number of benzene rings is 1. The second-order valence-electron chi connectivity index (χ2n) is 4.00. The van der Waals surface area contributed by atoms with Crippen LogP contribution >= 0.6 is 11.6 Å². The normalized spacial score (nSPS) is 12.4. The molecule has 0 bridgehead atoms. The molecule has 0 aliphatic heterocycles. The Bertz CT molecular complexity index is 494. The van der Waals surface area contributed by atoms with Crippen molar-refractivity contribution in [3.63, 3.8) is 0 Å². The second kappa shape index (κ2) is 5.30. The number of halogens is 1. The molecule has 1 N–H and O–H groups in total. The number of nitrogens with zero attached hydrogens (tertiary/aromatic N) is 1. The molecule has 0 aliphatic rings. The minimum atomic E-state index is 0.0318. The monoisotopic (exact) mass is 246 g/mol. The SMILES string of the molecule is CNC(c1ccc(C)cc1)c1ncccc1Cl. The van der Waals surface area contributed by atoms with Gasteiger partial charge in [-0.2, -0.15) is 0 Å². The fourth-order valence-corrected chi connectivity index (χ4v) is 2.06. The summed E-state index contributed by atoms with van der Waals surface area (Å²) in [4.78, 5) is 4.35. The van der Waals surface area contributed by atoms with Gasteiger partial charge in [0.15, 0.2) is 0 Å². The van der Waals surface area contributed by atoms with Crippen LogP contribution in [0.1, 0.15) is 22.9 Å². The lowest BCUT2D eigenvalue weighted by Gasteiger charge is -2.17. The average molecular weight is 247 g/mol. The minimum Gasteiger partial charge on any atom is -0.308 e. The van der Waals surface area contributed by atoms with Gasteiger partial charge in [0.1, 0.15) is 0 Å². The van der Waals surface area contributed by atoms with Gasteiger partial charge in [0, 0.05) is 6.20 Å². The van der Waals surface area contributed by atoms with Crippen LogP contribution in [0.5, 0.6) is 0 Å². The Labute approximate surface area is 107 Å². The number of hydrogen-bond acceptors (Lipinski definition) is 2. The van der Waals surface area contributed by atoms with Crippen LogP contribution in [0.25, 0.3) is 0 Å². The maximum absolute atomic E-state index is 6.18. The van der Waals surface area contributed by atoms with Gasteiger partial charge in [0.05, 0.1) is 16.8 Å². The molecule has 1 aromatic heterocycles. The van der Waals surface area contributed by atoms with Crippen LogP contribution in [0.3, 0.4) is 0 Å². The van der Waals surface area contributed by atoms with Gasteiger partial charge in [-0.05, 0) is 31.7 Å². The first-order chi connectivity index (χ1) is 8.22. The summed E-state index contributed by atoms with van der Waals surface area (Å²) >= 11 is 6.18. The molecule has 0 radical (unpaired) electrons. The van der Waals surface area contributed by atoms with Gasteiger partial charge >= 0.3 is 0 Å². The Kier molecular flexibility index (Phi) is 3.77. The maximum atomic E-state index is 6.18. The number of pyridine rings is 1. The zero-order valence-corrected chi connectivity index (χ0v) is 10.7. The van der Waals surface area contributed by atoms with E-state index in [0.717, 1.165) is 5.69 Å². The third-order valence-electron chi connectivity index (χ3n) is 2.76. The first-order valence-electron chi connectivity index (χ1n) is 5.56. The van der Waals surface area contributed by atoms with Crippen LogP contribution in [-0.2, 0) is 0 Å². The fraction of sp³-hybridized carbons (Fsp3) is 0.214. The van der Waals surface area contributed by atoms with E-state index in [9.17, 15) is 0 Å². The van der Waals surface area contributed by atoms with E-state index in [1.54, 1.807) is 6.20 Å². The molecule has 0 saturated heterocycles. The van der Waals surface area contributed by atoms with Crippen LogP contribution in [0.4, 0.5) is 0 Å². The molecule has 0 aliphatic carbocycles. The van der Waals surface area contributed by atoms with Crippen LogP contribution in [0.15, 0.2) is 42.6 Å². The number of hydrogen-bond donors (Lipinski definition) is 1. The summed E-state index contributed by atoms with van der Waals surface area (Å²) in [6.45, 7) is 2.08. The quantitative estimate of drug-likeness (QED) is 0.899. The van der Waals surface area contributed by atoms with E-state index in [2.05, 4.69) is 41.5 Å². The molecule has 88 valence electrons. The van der Waals surface area contributed by atoms with Gasteiger partial charge in [0.25, 0.3) is 0 Å². The number of aromatic nitrogens is 1. The molecule has 0 fully saturated rings. The van der Waals surface area contributed by atoms with Crippen molar-refractivity contribution in [3.05, 3.63) is 64.4 Å². The molecule has 0 spiro atoms. The molecular weight excluding hydrogens is 232 g/mol. The molecule has 2 aromatic rings.